The van der Waals surface area contributed by atoms with E-state index < -0.39 is 35.6 Å². The lowest BCUT2D eigenvalue weighted by Gasteiger charge is -2.38. The van der Waals surface area contributed by atoms with Gasteiger partial charge in [0.25, 0.3) is 0 Å². The van der Waals surface area contributed by atoms with Crippen molar-refractivity contribution in [1.29, 1.82) is 0 Å². The van der Waals surface area contributed by atoms with Crippen LogP contribution in [0.3, 0.4) is 0 Å². The maximum absolute atomic E-state index is 11.8. The number of aliphatic hydroxyl groups is 2. The standard InChI is InChI=1S/C45H42O6/c46-40(31-50-44(34-19-7-1-8-20-34,35-21-9-2-10-22-35)36-23-11-3-12-24-36)42-43(49-33-48-42)41(47)32-51-45(37-25-13-4-14-26-37,38-27-15-5-16-28-38)39-29-17-6-18-30-39/h1-30,40-43,46-47H,31-33H2/t40-,41-,42+,43+/m1/s1. The summed E-state index contributed by atoms with van der Waals surface area (Å²) in [6.07, 6.45) is -4.01. The first-order valence-corrected chi connectivity index (χ1v) is 17.3. The minimum absolute atomic E-state index is 0.0775. The third-order valence-corrected chi connectivity index (χ3v) is 9.63. The topological polar surface area (TPSA) is 77.4 Å². The molecule has 1 fully saturated rings. The van der Waals surface area contributed by atoms with E-state index in [9.17, 15) is 10.2 Å². The fourth-order valence-corrected chi connectivity index (χ4v) is 7.19. The third-order valence-electron chi connectivity index (χ3n) is 9.63. The van der Waals surface area contributed by atoms with Crippen molar-refractivity contribution in [2.45, 2.75) is 35.6 Å². The van der Waals surface area contributed by atoms with Crippen LogP contribution in [0.1, 0.15) is 33.4 Å². The normalized spacial score (nSPS) is 17.5. The Morgan fingerprint density at radius 3 is 0.843 bits per heavy atom. The molecule has 4 atom stereocenters. The van der Waals surface area contributed by atoms with Crippen LogP contribution in [0.25, 0.3) is 0 Å². The van der Waals surface area contributed by atoms with Gasteiger partial charge in [-0.3, -0.25) is 0 Å². The number of aliphatic hydroxyl groups excluding tert-OH is 2. The molecule has 0 aromatic heterocycles. The van der Waals surface area contributed by atoms with Crippen LogP contribution in [-0.4, -0.2) is 54.6 Å². The molecule has 51 heavy (non-hydrogen) atoms. The monoisotopic (exact) mass is 678 g/mol. The lowest BCUT2D eigenvalue weighted by molar-refractivity contribution is -0.112. The summed E-state index contributed by atoms with van der Waals surface area (Å²) in [7, 11) is 0. The van der Waals surface area contributed by atoms with Gasteiger partial charge in [0.15, 0.2) is 0 Å². The molecule has 1 aliphatic heterocycles. The summed E-state index contributed by atoms with van der Waals surface area (Å²) in [5.41, 5.74) is 3.46. The molecule has 0 unspecified atom stereocenters. The van der Waals surface area contributed by atoms with Gasteiger partial charge in [-0.1, -0.05) is 182 Å². The molecule has 0 radical (unpaired) electrons. The summed E-state index contributed by atoms with van der Waals surface area (Å²) in [6, 6.07) is 60.0. The fraction of sp³-hybridized carbons (Fsp3) is 0.200. The molecule has 0 spiro atoms. The largest absolute Gasteiger partial charge is 0.388 e. The Hall–Kier alpha value is -4.92. The van der Waals surface area contributed by atoms with Crippen molar-refractivity contribution < 1.29 is 29.2 Å². The molecule has 1 saturated heterocycles. The lowest BCUT2D eigenvalue weighted by atomic mass is 9.80. The highest BCUT2D eigenvalue weighted by Crippen LogP contribution is 2.42. The van der Waals surface area contributed by atoms with Crippen molar-refractivity contribution in [3.8, 4) is 0 Å². The first-order chi connectivity index (χ1) is 25.1. The second kappa shape index (κ2) is 16.0. The predicted octanol–water partition coefficient (Wildman–Crippen LogP) is 7.47. The molecular formula is C45H42O6. The molecule has 6 heteroatoms. The zero-order valence-electron chi connectivity index (χ0n) is 28.3. The maximum Gasteiger partial charge on any atom is 0.148 e. The van der Waals surface area contributed by atoms with E-state index in [0.717, 1.165) is 33.4 Å². The molecule has 0 bridgehead atoms. The van der Waals surface area contributed by atoms with Crippen molar-refractivity contribution in [3.05, 3.63) is 215 Å². The lowest BCUT2D eigenvalue weighted by Crippen LogP contribution is -2.48. The number of benzene rings is 6. The number of hydrogen-bond donors (Lipinski definition) is 2. The van der Waals surface area contributed by atoms with Gasteiger partial charge >= 0.3 is 0 Å². The second-order valence-corrected chi connectivity index (χ2v) is 12.7. The van der Waals surface area contributed by atoms with Gasteiger partial charge < -0.3 is 29.2 Å². The average Bonchev–Trinajstić information content (AvgIpc) is 3.72. The molecular weight excluding hydrogens is 636 g/mol. The SMILES string of the molecule is O[C@H](COC(c1ccccc1)(c1ccccc1)c1ccccc1)[C@@H]1OCO[C@H]1[C@H](O)COC(c1ccccc1)(c1ccccc1)c1ccccc1. The van der Waals surface area contributed by atoms with Crippen LogP contribution in [0.15, 0.2) is 182 Å². The Labute approximate surface area is 299 Å². The van der Waals surface area contributed by atoms with Crippen molar-refractivity contribution in [1.82, 2.24) is 0 Å². The Bertz CT molecular complexity index is 1570. The van der Waals surface area contributed by atoms with Gasteiger partial charge in [0.1, 0.15) is 42.4 Å². The van der Waals surface area contributed by atoms with Gasteiger partial charge in [-0.2, -0.15) is 0 Å². The summed E-state index contributed by atoms with van der Waals surface area (Å²) < 4.78 is 25.7. The van der Waals surface area contributed by atoms with E-state index in [1.807, 2.05) is 182 Å². The summed E-state index contributed by atoms with van der Waals surface area (Å²) in [5.74, 6) is 0. The van der Waals surface area contributed by atoms with E-state index in [2.05, 4.69) is 0 Å². The van der Waals surface area contributed by atoms with E-state index in [1.54, 1.807) is 0 Å². The van der Waals surface area contributed by atoms with Crippen LogP contribution < -0.4 is 0 Å². The minimum Gasteiger partial charge on any atom is -0.388 e. The number of ether oxygens (including phenoxy) is 4. The van der Waals surface area contributed by atoms with Crippen molar-refractivity contribution in [2.24, 2.45) is 0 Å². The summed E-state index contributed by atoms with van der Waals surface area (Å²) in [4.78, 5) is 0. The Balaban J connectivity index is 1.16. The van der Waals surface area contributed by atoms with Crippen molar-refractivity contribution >= 4 is 0 Å². The van der Waals surface area contributed by atoms with E-state index >= 15 is 0 Å². The Morgan fingerprint density at radius 2 is 0.627 bits per heavy atom. The number of rotatable bonds is 14. The molecule has 1 aliphatic rings. The van der Waals surface area contributed by atoms with Gasteiger partial charge in [-0.15, -0.1) is 0 Å². The third kappa shape index (κ3) is 7.03. The molecule has 0 saturated carbocycles. The fourth-order valence-electron chi connectivity index (χ4n) is 7.19. The van der Waals surface area contributed by atoms with Crippen LogP contribution in [0.2, 0.25) is 0 Å². The van der Waals surface area contributed by atoms with Gasteiger partial charge in [0, 0.05) is 0 Å². The molecule has 0 aliphatic carbocycles. The quantitative estimate of drug-likeness (QED) is 0.117. The van der Waals surface area contributed by atoms with E-state index in [4.69, 9.17) is 18.9 Å². The zero-order valence-corrected chi connectivity index (χ0v) is 28.3. The van der Waals surface area contributed by atoms with Crippen LogP contribution in [-0.2, 0) is 30.1 Å². The summed E-state index contributed by atoms with van der Waals surface area (Å²) in [5, 5.41) is 23.5. The predicted molar refractivity (Wildman–Crippen MR) is 197 cm³/mol. The van der Waals surface area contributed by atoms with Crippen LogP contribution in [0.5, 0.6) is 0 Å². The second-order valence-electron chi connectivity index (χ2n) is 12.7. The minimum atomic E-state index is -1.13. The molecule has 0 amide bonds. The van der Waals surface area contributed by atoms with Crippen molar-refractivity contribution in [3.63, 3.8) is 0 Å². The Morgan fingerprint density at radius 1 is 0.412 bits per heavy atom. The maximum atomic E-state index is 11.8. The molecule has 6 nitrogen and oxygen atoms in total. The van der Waals surface area contributed by atoms with Gasteiger partial charge in [-0.05, 0) is 33.4 Å². The van der Waals surface area contributed by atoms with E-state index in [0.29, 0.717) is 0 Å². The van der Waals surface area contributed by atoms with Crippen LogP contribution >= 0.6 is 0 Å². The van der Waals surface area contributed by atoms with E-state index in [-0.39, 0.29) is 20.0 Å². The van der Waals surface area contributed by atoms with Crippen molar-refractivity contribution in [2.75, 3.05) is 20.0 Å². The smallest absolute Gasteiger partial charge is 0.148 e. The van der Waals surface area contributed by atoms with Crippen LogP contribution in [0, 0.1) is 0 Å². The van der Waals surface area contributed by atoms with Gasteiger partial charge in [-0.25, -0.2) is 0 Å². The summed E-state index contributed by atoms with van der Waals surface area (Å²) in [6.45, 7) is -0.274. The highest BCUT2D eigenvalue weighted by atomic mass is 16.7. The zero-order chi connectivity index (χ0) is 34.9. The molecule has 6 aromatic carbocycles. The molecule has 258 valence electrons. The first kappa shape index (κ1) is 34.5. The highest BCUT2D eigenvalue weighted by molar-refractivity contribution is 5.49. The van der Waals surface area contributed by atoms with Gasteiger partial charge in [0.05, 0.1) is 13.2 Å². The first-order valence-electron chi connectivity index (χ1n) is 17.3. The van der Waals surface area contributed by atoms with Gasteiger partial charge in [0.2, 0.25) is 0 Å². The van der Waals surface area contributed by atoms with E-state index in [1.165, 1.54) is 0 Å². The number of hydrogen-bond acceptors (Lipinski definition) is 6. The summed E-state index contributed by atoms with van der Waals surface area (Å²) >= 11 is 0. The van der Waals surface area contributed by atoms with Crippen LogP contribution in [0.4, 0.5) is 0 Å². The molecule has 6 aromatic rings. The molecule has 7 rings (SSSR count). The molecule has 1 heterocycles. The Kier molecular flexibility index (Phi) is 10.8. The average molecular weight is 679 g/mol. The molecule has 2 N–H and O–H groups in total. The highest BCUT2D eigenvalue weighted by Gasteiger charge is 2.45.